The Hall–Kier alpha value is -3.09. The molecular weight excluding hydrogens is 342 g/mol. The summed E-state index contributed by atoms with van der Waals surface area (Å²) < 4.78 is 7.38. The van der Waals surface area contributed by atoms with E-state index in [1.54, 1.807) is 15.9 Å². The first-order chi connectivity index (χ1) is 13.2. The number of carbonyl (C=O) groups excluding carboxylic acids is 1. The highest BCUT2D eigenvalue weighted by atomic mass is 16.3. The minimum absolute atomic E-state index is 0.112. The summed E-state index contributed by atoms with van der Waals surface area (Å²) in [6, 6.07) is 13.6. The van der Waals surface area contributed by atoms with Crippen molar-refractivity contribution in [3.63, 3.8) is 0 Å². The van der Waals surface area contributed by atoms with Gasteiger partial charge in [0, 0.05) is 13.1 Å². The molecule has 2 aromatic heterocycles. The minimum atomic E-state index is -0.115. The molecule has 1 N–H and O–H groups in total. The fourth-order valence-electron chi connectivity index (χ4n) is 2.94. The van der Waals surface area contributed by atoms with Crippen LogP contribution in [0.3, 0.4) is 0 Å². The van der Waals surface area contributed by atoms with E-state index in [-0.39, 0.29) is 12.1 Å². The third-order valence-corrected chi connectivity index (χ3v) is 4.42. The molecule has 0 fully saturated rings. The van der Waals surface area contributed by atoms with E-state index in [4.69, 9.17) is 4.42 Å². The van der Waals surface area contributed by atoms with Crippen molar-refractivity contribution in [3.8, 4) is 0 Å². The Morgan fingerprint density at radius 3 is 2.70 bits per heavy atom. The summed E-state index contributed by atoms with van der Waals surface area (Å²) in [4.78, 5) is 18.6. The van der Waals surface area contributed by atoms with Gasteiger partial charge in [0.1, 0.15) is 24.2 Å². The van der Waals surface area contributed by atoms with Gasteiger partial charge in [-0.2, -0.15) is 5.10 Å². The number of nitrogens with zero attached hydrogens (tertiary/aromatic N) is 4. The Morgan fingerprint density at radius 2 is 2.07 bits per heavy atom. The van der Waals surface area contributed by atoms with E-state index >= 15 is 0 Å². The highest BCUT2D eigenvalue weighted by Gasteiger charge is 2.19. The molecule has 0 bridgehead atoms. The van der Waals surface area contributed by atoms with Gasteiger partial charge in [-0.3, -0.25) is 4.68 Å². The summed E-state index contributed by atoms with van der Waals surface area (Å²) in [5.41, 5.74) is 1.07. The number of rotatable bonds is 8. The largest absolute Gasteiger partial charge is 0.464 e. The first kappa shape index (κ1) is 18.7. The molecule has 27 heavy (non-hydrogen) atoms. The lowest BCUT2D eigenvalue weighted by Gasteiger charge is -2.25. The molecular formula is C20H25N5O2. The molecule has 1 atom stereocenters. The molecule has 3 aromatic rings. The van der Waals surface area contributed by atoms with Crippen LogP contribution in [-0.4, -0.2) is 32.2 Å². The van der Waals surface area contributed by atoms with Crippen LogP contribution in [0.2, 0.25) is 0 Å². The zero-order chi connectivity index (χ0) is 19.1. The molecule has 7 heteroatoms. The van der Waals surface area contributed by atoms with Gasteiger partial charge in [-0.15, -0.1) is 0 Å². The molecule has 7 nitrogen and oxygen atoms in total. The summed E-state index contributed by atoms with van der Waals surface area (Å²) in [6.45, 7) is 5.57. The van der Waals surface area contributed by atoms with Crippen molar-refractivity contribution in [3.05, 3.63) is 72.2 Å². The van der Waals surface area contributed by atoms with Crippen LogP contribution in [0.4, 0.5) is 4.79 Å². The van der Waals surface area contributed by atoms with Crippen molar-refractivity contribution in [1.82, 2.24) is 25.0 Å². The first-order valence-corrected chi connectivity index (χ1v) is 9.14. The van der Waals surface area contributed by atoms with Crippen LogP contribution in [0.25, 0.3) is 0 Å². The molecule has 0 saturated heterocycles. The third kappa shape index (κ3) is 5.20. The van der Waals surface area contributed by atoms with Crippen LogP contribution in [0, 0.1) is 6.92 Å². The Bertz CT molecular complexity index is 829. The molecule has 0 radical (unpaired) electrons. The topological polar surface area (TPSA) is 76.2 Å². The maximum absolute atomic E-state index is 12.9. The Morgan fingerprint density at radius 1 is 1.26 bits per heavy atom. The van der Waals surface area contributed by atoms with Gasteiger partial charge in [0.25, 0.3) is 0 Å². The van der Waals surface area contributed by atoms with Crippen LogP contribution in [0.5, 0.6) is 0 Å². The van der Waals surface area contributed by atoms with Crippen LogP contribution < -0.4 is 5.32 Å². The fourth-order valence-corrected chi connectivity index (χ4v) is 2.94. The summed E-state index contributed by atoms with van der Waals surface area (Å²) in [5.74, 6) is 1.62. The molecule has 0 aliphatic rings. The monoisotopic (exact) mass is 367 g/mol. The lowest BCUT2D eigenvalue weighted by Crippen LogP contribution is -2.41. The van der Waals surface area contributed by atoms with Crippen molar-refractivity contribution in [1.29, 1.82) is 0 Å². The smallest absolute Gasteiger partial charge is 0.318 e. The lowest BCUT2D eigenvalue weighted by molar-refractivity contribution is 0.188. The average molecular weight is 367 g/mol. The van der Waals surface area contributed by atoms with Gasteiger partial charge in [-0.1, -0.05) is 30.3 Å². The van der Waals surface area contributed by atoms with Crippen LogP contribution in [-0.2, 0) is 13.1 Å². The van der Waals surface area contributed by atoms with Crippen molar-refractivity contribution in [2.24, 2.45) is 0 Å². The van der Waals surface area contributed by atoms with E-state index in [9.17, 15) is 4.79 Å². The molecule has 2 heterocycles. The predicted octanol–water partition coefficient (Wildman–Crippen LogP) is 3.54. The standard InChI is InChI=1S/C20H25N5O2/c1-3-24(13-18-10-9-16(2)27-18)20(26)23-19(17-7-5-4-6-8-17)11-12-25-15-21-14-22-25/h4-10,14-15,19H,3,11-13H2,1-2H3,(H,23,26)/t19-/m0/s1. The normalized spacial score (nSPS) is 11.9. The summed E-state index contributed by atoms with van der Waals surface area (Å²) in [6.07, 6.45) is 3.91. The second kappa shape index (κ2) is 9.02. The highest BCUT2D eigenvalue weighted by molar-refractivity contribution is 5.74. The molecule has 0 aliphatic carbocycles. The van der Waals surface area contributed by atoms with Gasteiger partial charge in [-0.05, 0) is 38.0 Å². The highest BCUT2D eigenvalue weighted by Crippen LogP contribution is 2.18. The van der Waals surface area contributed by atoms with Gasteiger partial charge in [0.15, 0.2) is 0 Å². The van der Waals surface area contributed by atoms with E-state index in [1.807, 2.05) is 56.3 Å². The Balaban J connectivity index is 1.68. The molecule has 1 aromatic carbocycles. The number of furan rings is 1. The van der Waals surface area contributed by atoms with Crippen molar-refractivity contribution < 1.29 is 9.21 Å². The van der Waals surface area contributed by atoms with E-state index in [1.165, 1.54) is 6.33 Å². The minimum Gasteiger partial charge on any atom is -0.464 e. The number of hydrogen-bond donors (Lipinski definition) is 1. The molecule has 142 valence electrons. The molecule has 0 aliphatic heterocycles. The van der Waals surface area contributed by atoms with Crippen molar-refractivity contribution in [2.75, 3.05) is 6.54 Å². The van der Waals surface area contributed by atoms with Gasteiger partial charge in [-0.25, -0.2) is 9.78 Å². The van der Waals surface area contributed by atoms with E-state index in [2.05, 4.69) is 15.4 Å². The zero-order valence-electron chi connectivity index (χ0n) is 15.7. The van der Waals surface area contributed by atoms with Gasteiger partial charge < -0.3 is 14.6 Å². The quantitative estimate of drug-likeness (QED) is 0.661. The lowest BCUT2D eigenvalue weighted by atomic mass is 10.0. The molecule has 3 rings (SSSR count). The van der Waals surface area contributed by atoms with Crippen LogP contribution >= 0.6 is 0 Å². The first-order valence-electron chi connectivity index (χ1n) is 9.14. The number of nitrogens with one attached hydrogen (secondary N) is 1. The second-order valence-corrected chi connectivity index (χ2v) is 6.39. The van der Waals surface area contributed by atoms with Crippen molar-refractivity contribution >= 4 is 6.03 Å². The second-order valence-electron chi connectivity index (χ2n) is 6.39. The average Bonchev–Trinajstić information content (AvgIpc) is 3.35. The number of hydrogen-bond acceptors (Lipinski definition) is 4. The Labute approximate surface area is 159 Å². The van der Waals surface area contributed by atoms with Crippen LogP contribution in [0.1, 0.15) is 36.5 Å². The molecule has 0 saturated carbocycles. The number of urea groups is 1. The van der Waals surface area contributed by atoms with Crippen LogP contribution in [0.15, 0.2) is 59.5 Å². The number of carbonyl (C=O) groups is 1. The van der Waals surface area contributed by atoms with Gasteiger partial charge in [0.05, 0.1) is 12.6 Å². The van der Waals surface area contributed by atoms with Crippen molar-refractivity contribution in [2.45, 2.75) is 39.4 Å². The van der Waals surface area contributed by atoms with E-state index in [0.717, 1.165) is 23.5 Å². The van der Waals surface area contributed by atoms with Gasteiger partial charge >= 0.3 is 6.03 Å². The molecule has 0 unspecified atom stereocenters. The zero-order valence-corrected chi connectivity index (χ0v) is 15.7. The summed E-state index contributed by atoms with van der Waals surface area (Å²) in [5, 5.41) is 7.30. The maximum Gasteiger partial charge on any atom is 0.318 e. The fraction of sp³-hybridized carbons (Fsp3) is 0.350. The number of amides is 2. The Kier molecular flexibility index (Phi) is 6.25. The molecule has 2 amide bonds. The van der Waals surface area contributed by atoms with E-state index in [0.29, 0.717) is 19.6 Å². The SMILES string of the molecule is CCN(Cc1ccc(C)o1)C(=O)N[C@@H](CCn1cncn1)c1ccccc1. The summed E-state index contributed by atoms with van der Waals surface area (Å²) in [7, 11) is 0. The third-order valence-electron chi connectivity index (χ3n) is 4.42. The summed E-state index contributed by atoms with van der Waals surface area (Å²) >= 11 is 0. The number of benzene rings is 1. The number of aryl methyl sites for hydroxylation is 2. The van der Waals surface area contributed by atoms with Gasteiger partial charge in [0.2, 0.25) is 0 Å². The van der Waals surface area contributed by atoms with E-state index < -0.39 is 0 Å². The number of aromatic nitrogens is 3. The molecule has 0 spiro atoms. The predicted molar refractivity (Wildman–Crippen MR) is 102 cm³/mol. The maximum atomic E-state index is 12.9.